The number of urea groups is 1. The molecule has 0 aromatic heterocycles. The monoisotopic (exact) mass is 980 g/mol. The predicted octanol–water partition coefficient (Wildman–Crippen LogP) is -0.428. The first-order chi connectivity index (χ1) is 32.5. The smallest absolute Gasteiger partial charge is 0.312 e. The first-order valence-corrected chi connectivity index (χ1v) is 23.4. The van der Waals surface area contributed by atoms with E-state index in [1.54, 1.807) is 80.7 Å². The van der Waals surface area contributed by atoms with Crippen LogP contribution in [0.2, 0.25) is 0 Å². The van der Waals surface area contributed by atoms with Crippen molar-refractivity contribution in [3.8, 4) is 0 Å². The Morgan fingerprint density at radius 1 is 0.667 bits per heavy atom. The molecule has 0 radical (unpaired) electrons. The van der Waals surface area contributed by atoms with Crippen molar-refractivity contribution >= 4 is 18.0 Å². The van der Waals surface area contributed by atoms with Crippen LogP contribution in [0.4, 0.5) is 4.79 Å². The van der Waals surface area contributed by atoms with E-state index in [4.69, 9.17) is 35.8 Å². The summed E-state index contributed by atoms with van der Waals surface area (Å²) in [6, 6.07) is -3.46. The van der Waals surface area contributed by atoms with Gasteiger partial charge in [-0.05, 0) is 33.1 Å². The third-order valence-corrected chi connectivity index (χ3v) is 12.3. The van der Waals surface area contributed by atoms with E-state index in [0.717, 1.165) is 0 Å². The highest BCUT2D eigenvalue weighted by atomic mass is 16.7. The summed E-state index contributed by atoms with van der Waals surface area (Å²) >= 11 is 0. The maximum atomic E-state index is 12.7. The van der Waals surface area contributed by atoms with Gasteiger partial charge in [0, 0.05) is 37.5 Å². The Kier molecular flexibility index (Phi) is 24.9. The highest BCUT2D eigenvalue weighted by molar-refractivity contribution is 5.74. The molecule has 17 N–H and O–H groups in total. The predicted molar refractivity (Wildman–Crippen MR) is 253 cm³/mol. The minimum absolute atomic E-state index is 0.107. The van der Waals surface area contributed by atoms with E-state index in [9.17, 15) is 60.7 Å². The first-order valence-electron chi connectivity index (χ1n) is 23.4. The molecule has 0 saturated carbocycles. The summed E-state index contributed by atoms with van der Waals surface area (Å²) in [6.07, 6.45) is 3.77. The van der Waals surface area contributed by atoms with Crippen molar-refractivity contribution in [2.45, 2.75) is 183 Å². The van der Waals surface area contributed by atoms with Crippen LogP contribution in [0.3, 0.4) is 0 Å². The van der Waals surface area contributed by atoms with E-state index < -0.39 is 153 Å². The van der Waals surface area contributed by atoms with E-state index in [-0.39, 0.29) is 31.6 Å². The van der Waals surface area contributed by atoms with Gasteiger partial charge in [-0.3, -0.25) is 10.2 Å². The van der Waals surface area contributed by atoms with Gasteiger partial charge < -0.3 is 92.1 Å². The molecule has 0 aromatic rings. The second-order valence-electron chi connectivity index (χ2n) is 18.2. The summed E-state index contributed by atoms with van der Waals surface area (Å²) in [5, 5.41) is 122. The molecule has 2 bridgehead atoms. The van der Waals surface area contributed by atoms with Crippen molar-refractivity contribution in [3.05, 3.63) is 85.1 Å². The Bertz CT molecular complexity index is 1810. The van der Waals surface area contributed by atoms with Crippen LogP contribution in [0.1, 0.15) is 79.1 Å². The zero-order chi connectivity index (χ0) is 51.4. The van der Waals surface area contributed by atoms with Crippen molar-refractivity contribution in [2.24, 2.45) is 23.3 Å². The molecule has 0 spiro atoms. The van der Waals surface area contributed by atoms with Crippen LogP contribution in [0.15, 0.2) is 85.1 Å². The fourth-order valence-electron chi connectivity index (χ4n) is 8.32. The normalized spacial score (nSPS) is 43.4. The number of fused-ring (bicyclic) bond motifs is 2. The number of hydrogen-bond donors (Lipinski definition) is 15. The molecular formula is C48H77N5O16. The summed E-state index contributed by atoms with van der Waals surface area (Å²) in [7, 11) is 0. The van der Waals surface area contributed by atoms with E-state index in [1.165, 1.54) is 6.92 Å². The van der Waals surface area contributed by atoms with Crippen molar-refractivity contribution in [3.63, 3.8) is 0 Å². The van der Waals surface area contributed by atoms with Crippen LogP contribution >= 0.6 is 0 Å². The lowest BCUT2D eigenvalue weighted by atomic mass is 9.87. The quantitative estimate of drug-likeness (QED) is 0.0965. The Labute approximate surface area is 403 Å². The van der Waals surface area contributed by atoms with Crippen LogP contribution < -0.4 is 22.1 Å². The summed E-state index contributed by atoms with van der Waals surface area (Å²) in [6.45, 7) is 6.73. The number of nitrogens with one attached hydrogen (secondary N) is 3. The highest BCUT2D eigenvalue weighted by Crippen LogP contribution is 2.35. The number of hydrogen-bond acceptors (Lipinski definition) is 17. The lowest BCUT2D eigenvalue weighted by molar-refractivity contribution is -0.303. The molecule has 3 aliphatic heterocycles. The molecular weight excluding hydrogens is 903 g/mol. The number of rotatable bonds is 4. The summed E-state index contributed by atoms with van der Waals surface area (Å²) < 4.78 is 23.6. The molecule has 3 rings (SSSR count). The number of guanidine groups is 1. The average molecular weight is 980 g/mol. The second kappa shape index (κ2) is 29.1. The minimum atomic E-state index is -2.29. The van der Waals surface area contributed by atoms with Gasteiger partial charge in [-0.1, -0.05) is 98.9 Å². The Morgan fingerprint density at radius 3 is 1.83 bits per heavy atom. The Balaban J connectivity index is 1.91. The molecule has 2 saturated heterocycles. The van der Waals surface area contributed by atoms with Gasteiger partial charge in [-0.25, -0.2) is 4.79 Å². The fraction of sp³-hybridized carbons (Fsp3) is 0.646. The molecule has 0 aromatic carbocycles. The van der Waals surface area contributed by atoms with Crippen molar-refractivity contribution < 1.29 is 79.6 Å². The molecule has 21 heteroatoms. The van der Waals surface area contributed by atoms with Crippen molar-refractivity contribution in [2.75, 3.05) is 0 Å². The van der Waals surface area contributed by atoms with Crippen molar-refractivity contribution in [1.82, 2.24) is 10.6 Å². The Morgan fingerprint density at radius 2 is 1.25 bits per heavy atom. The SMILES string of the molecule is C[C@@H]1[C@H](O)[C@@H](C)/C=C/C=C/C=C/C=C/C=C/C=C/C=C/[C@H](O[C@@H]2O[C@H](C)[C@@H](O)[C@H](NC(=N)N)[C@@H]2O)C[C@@H]2O[C@](O)(C[C@@H](O)C[C@@H](O)[C@H](O)CC[C@@H](O)C[C@@H](O)CC(=O)O[C@H]1C)C[C@H](O)[C@H]2NC(N)=O. The fourth-order valence-corrected chi connectivity index (χ4v) is 8.32. The number of aliphatic hydroxyl groups excluding tert-OH is 9. The molecule has 2 amide bonds. The van der Waals surface area contributed by atoms with E-state index in [2.05, 4.69) is 10.6 Å². The number of aliphatic hydroxyl groups is 10. The maximum absolute atomic E-state index is 12.7. The van der Waals surface area contributed by atoms with Crippen LogP contribution in [-0.2, 0) is 23.7 Å². The molecule has 19 atom stereocenters. The summed E-state index contributed by atoms with van der Waals surface area (Å²) in [5.41, 5.74) is 11.0. The minimum Gasteiger partial charge on any atom is -0.462 e. The van der Waals surface area contributed by atoms with E-state index in [0.29, 0.717) is 0 Å². The number of ether oxygens (including phenoxy) is 4. The number of carbonyl (C=O) groups is 2. The number of allylic oxidation sites excluding steroid dienone is 12. The van der Waals surface area contributed by atoms with Gasteiger partial charge >= 0.3 is 12.0 Å². The Hall–Kier alpha value is -4.33. The molecule has 21 nitrogen and oxygen atoms in total. The highest BCUT2D eigenvalue weighted by Gasteiger charge is 2.49. The zero-order valence-electron chi connectivity index (χ0n) is 39.7. The van der Waals surface area contributed by atoms with Gasteiger partial charge in [0.25, 0.3) is 0 Å². The van der Waals surface area contributed by atoms with E-state index in [1.807, 2.05) is 25.2 Å². The third-order valence-electron chi connectivity index (χ3n) is 12.3. The number of nitrogens with two attached hydrogens (primary N) is 2. The van der Waals surface area contributed by atoms with Crippen LogP contribution in [0.5, 0.6) is 0 Å². The summed E-state index contributed by atoms with van der Waals surface area (Å²) in [5.74, 6) is -4.29. The summed E-state index contributed by atoms with van der Waals surface area (Å²) in [4.78, 5) is 24.8. The van der Waals surface area contributed by atoms with Gasteiger partial charge in [0.1, 0.15) is 18.3 Å². The average Bonchev–Trinajstić information content (AvgIpc) is 3.25. The number of primary amides is 1. The lowest BCUT2D eigenvalue weighted by Crippen LogP contribution is -2.65. The van der Waals surface area contributed by atoms with Crippen molar-refractivity contribution in [1.29, 1.82) is 5.41 Å². The van der Waals surface area contributed by atoms with Gasteiger partial charge in [-0.15, -0.1) is 0 Å². The largest absolute Gasteiger partial charge is 0.462 e. The first kappa shape index (κ1) is 59.0. The topological polar surface area (TPSA) is 373 Å². The van der Waals surface area contributed by atoms with Gasteiger partial charge in [0.2, 0.25) is 0 Å². The van der Waals surface area contributed by atoms with Gasteiger partial charge in [0.15, 0.2) is 18.0 Å². The number of carbonyl (C=O) groups excluding carboxylic acids is 2. The molecule has 3 aliphatic rings. The molecule has 69 heavy (non-hydrogen) atoms. The number of amides is 2. The maximum Gasteiger partial charge on any atom is 0.312 e. The molecule has 390 valence electrons. The van der Waals surface area contributed by atoms with Gasteiger partial charge in [0.05, 0.1) is 79.5 Å². The standard InChI is InChI=1S/C48H77N5O16/c1-27-17-15-13-11-9-7-5-6-8-10-12-14-16-18-34(68-45-44(63)41(52-46(49)50)43(62)30(4)67-45)24-38-40(53-47(51)64)37(59)26-48(65,69-38)25-33(56)22-36(58)35(57)20-19-31(54)21-32(55)23-39(60)66-29(3)28(2)42(27)61/h5-18,27-38,40-45,54-59,61-63,65H,19-26H2,1-4H3,(H4,49,50,52)(H3,51,53,64)/b6-5+,9-7+,10-8+,13-11+,14-12+,17-15+,18-16+/t27-,28-,29-,30+,31+,32+,33-,34-,35+,36+,37-,38-,40+,41-,42+,43+,44-,45-,48+/m0/s1. The zero-order valence-corrected chi connectivity index (χ0v) is 39.7. The lowest BCUT2D eigenvalue weighted by Gasteiger charge is -2.46. The molecule has 0 unspecified atom stereocenters. The van der Waals surface area contributed by atoms with Crippen LogP contribution in [0, 0.1) is 17.2 Å². The molecule has 3 heterocycles. The number of esters is 1. The molecule has 2 fully saturated rings. The van der Waals surface area contributed by atoms with E-state index >= 15 is 0 Å². The number of cyclic esters (lactones) is 1. The third kappa shape index (κ3) is 20.5. The van der Waals surface area contributed by atoms with Gasteiger partial charge in [-0.2, -0.15) is 0 Å². The molecule has 0 aliphatic carbocycles. The van der Waals surface area contributed by atoms with Crippen LogP contribution in [-0.4, -0.2) is 173 Å². The second-order valence-corrected chi connectivity index (χ2v) is 18.2. The van der Waals surface area contributed by atoms with Crippen LogP contribution in [0.25, 0.3) is 0 Å².